The Labute approximate surface area is 212 Å². The normalized spacial score (nSPS) is 11.1. The monoisotopic (exact) mass is 529 g/mol. The number of nitrogens with one attached hydrogen (secondary N) is 5. The van der Waals surface area contributed by atoms with Gasteiger partial charge >= 0.3 is 6.09 Å². The Hall–Kier alpha value is -3.40. The minimum absolute atomic E-state index is 0.130. The van der Waals surface area contributed by atoms with E-state index in [-0.39, 0.29) is 33.0 Å². The molecule has 0 aliphatic carbocycles. The summed E-state index contributed by atoms with van der Waals surface area (Å²) < 4.78 is 24.7. The number of anilines is 1. The second kappa shape index (κ2) is 18.9. The van der Waals surface area contributed by atoms with Crippen LogP contribution >= 0.6 is 12.1 Å². The lowest BCUT2D eigenvalue weighted by Gasteiger charge is -2.15. The molecule has 0 aliphatic rings. The second-order valence-corrected chi connectivity index (χ2v) is 7.61. The first-order valence-corrected chi connectivity index (χ1v) is 11.6. The Morgan fingerprint density at radius 3 is 2.44 bits per heavy atom. The number of hydrogen-bond donors (Lipinski definition) is 5. The summed E-state index contributed by atoms with van der Waals surface area (Å²) in [5, 5.41) is 7.53. The van der Waals surface area contributed by atoms with E-state index in [1.165, 1.54) is 14.0 Å². The van der Waals surface area contributed by atoms with E-state index in [0.29, 0.717) is 25.3 Å². The lowest BCUT2D eigenvalue weighted by atomic mass is 10.2. The first kappa shape index (κ1) is 30.6. The van der Waals surface area contributed by atoms with Gasteiger partial charge in [-0.3, -0.25) is 23.9 Å². The first-order valence-electron chi connectivity index (χ1n) is 10.7. The SMILES string of the molecule is COC(=O)NSNCCOCCOCC(=O)NCC(=O)NC(C)C(=O)Nc1ccc(COC=O)cc1. The van der Waals surface area contributed by atoms with Gasteiger partial charge in [0.15, 0.2) is 0 Å². The standard InChI is InChI=1S/C21H31N5O9S/c1-15(20(30)25-17-5-3-16(4-6-17)12-35-14-27)24-18(28)11-22-19(29)13-34-10-9-33-8-7-23-36-26-21(31)32-2/h3-6,14-15,23H,7-13H2,1-2H3,(H,22,29)(H,24,28)(H,25,30)(H,26,31). The molecule has 0 aliphatic heterocycles. The molecular formula is C21H31N5O9S. The molecule has 0 fully saturated rings. The summed E-state index contributed by atoms with van der Waals surface area (Å²) in [5.74, 6) is -1.47. The van der Waals surface area contributed by atoms with Crippen LogP contribution < -0.4 is 25.4 Å². The third-order valence-corrected chi connectivity index (χ3v) is 4.72. The van der Waals surface area contributed by atoms with Crippen LogP contribution in [0.4, 0.5) is 10.5 Å². The summed E-state index contributed by atoms with van der Waals surface area (Å²) in [7, 11) is 1.26. The topological polar surface area (TPSA) is 182 Å². The van der Waals surface area contributed by atoms with Crippen LogP contribution in [-0.2, 0) is 44.7 Å². The van der Waals surface area contributed by atoms with Crippen molar-refractivity contribution in [2.45, 2.75) is 19.6 Å². The van der Waals surface area contributed by atoms with Gasteiger partial charge in [-0.25, -0.2) is 9.52 Å². The lowest BCUT2D eigenvalue weighted by molar-refractivity contribution is -0.130. The van der Waals surface area contributed by atoms with Gasteiger partial charge in [0.05, 0.1) is 33.5 Å². The molecule has 200 valence electrons. The third kappa shape index (κ3) is 14.8. The predicted octanol–water partition coefficient (Wildman–Crippen LogP) is -0.539. The highest BCUT2D eigenvalue weighted by Gasteiger charge is 2.16. The molecule has 4 amide bonds. The number of methoxy groups -OCH3 is 1. The van der Waals surface area contributed by atoms with E-state index in [2.05, 4.69) is 34.9 Å². The summed E-state index contributed by atoms with van der Waals surface area (Å²) in [4.78, 5) is 57.0. The van der Waals surface area contributed by atoms with E-state index in [1.54, 1.807) is 24.3 Å². The molecule has 0 aromatic heterocycles. The van der Waals surface area contributed by atoms with Gasteiger partial charge in [-0.2, -0.15) is 0 Å². The van der Waals surface area contributed by atoms with E-state index in [1.807, 2.05) is 0 Å². The highest BCUT2D eigenvalue weighted by atomic mass is 32.2. The van der Waals surface area contributed by atoms with Gasteiger partial charge in [0.2, 0.25) is 17.7 Å². The van der Waals surface area contributed by atoms with E-state index in [0.717, 1.165) is 17.7 Å². The van der Waals surface area contributed by atoms with Gasteiger partial charge in [-0.05, 0) is 24.6 Å². The quantitative estimate of drug-likeness (QED) is 0.0935. The second-order valence-electron chi connectivity index (χ2n) is 6.91. The molecule has 0 heterocycles. The third-order valence-electron chi connectivity index (χ3n) is 4.10. The summed E-state index contributed by atoms with van der Waals surface area (Å²) in [6.45, 7) is 2.68. The Morgan fingerprint density at radius 2 is 1.75 bits per heavy atom. The van der Waals surface area contributed by atoms with E-state index in [9.17, 15) is 24.0 Å². The smallest absolute Gasteiger partial charge is 0.417 e. The number of ether oxygens (including phenoxy) is 4. The molecule has 5 N–H and O–H groups in total. The zero-order valence-corrected chi connectivity index (χ0v) is 20.8. The minimum atomic E-state index is -0.843. The molecule has 1 aromatic carbocycles. The minimum Gasteiger partial charge on any atom is -0.463 e. The zero-order chi connectivity index (χ0) is 26.6. The fraction of sp³-hybridized carbons (Fsp3) is 0.476. The zero-order valence-electron chi connectivity index (χ0n) is 20.0. The van der Waals surface area contributed by atoms with Crippen LogP contribution in [0.15, 0.2) is 24.3 Å². The van der Waals surface area contributed by atoms with Gasteiger partial charge in [0.25, 0.3) is 6.47 Å². The average Bonchev–Trinajstić information content (AvgIpc) is 2.87. The molecule has 0 radical (unpaired) electrons. The first-order chi connectivity index (χ1) is 17.3. The summed E-state index contributed by atoms with van der Waals surface area (Å²) >= 11 is 0.967. The van der Waals surface area contributed by atoms with Crippen LogP contribution in [0.5, 0.6) is 0 Å². The van der Waals surface area contributed by atoms with Crippen molar-refractivity contribution in [2.24, 2.45) is 0 Å². The largest absolute Gasteiger partial charge is 0.463 e. The molecule has 15 heteroatoms. The number of carbonyl (C=O) groups excluding carboxylic acids is 5. The van der Waals surface area contributed by atoms with Gasteiger partial charge in [0, 0.05) is 24.4 Å². The molecule has 1 aromatic rings. The molecular weight excluding hydrogens is 498 g/mol. The van der Waals surface area contributed by atoms with Crippen molar-refractivity contribution in [1.82, 2.24) is 20.1 Å². The van der Waals surface area contributed by atoms with E-state index >= 15 is 0 Å². The number of rotatable bonds is 18. The molecule has 1 rings (SSSR count). The Balaban J connectivity index is 2.09. The van der Waals surface area contributed by atoms with Gasteiger partial charge < -0.3 is 34.9 Å². The van der Waals surface area contributed by atoms with Crippen LogP contribution in [0.2, 0.25) is 0 Å². The fourth-order valence-corrected chi connectivity index (χ4v) is 2.75. The molecule has 14 nitrogen and oxygen atoms in total. The van der Waals surface area contributed by atoms with Crippen molar-refractivity contribution in [3.8, 4) is 0 Å². The van der Waals surface area contributed by atoms with Crippen molar-refractivity contribution >= 4 is 48.1 Å². The van der Waals surface area contributed by atoms with Gasteiger partial charge in [-0.1, -0.05) is 12.1 Å². The maximum Gasteiger partial charge on any atom is 0.417 e. The maximum absolute atomic E-state index is 12.2. The summed E-state index contributed by atoms with van der Waals surface area (Å²) in [6.07, 6.45) is -0.569. The maximum atomic E-state index is 12.2. The van der Waals surface area contributed by atoms with Crippen molar-refractivity contribution in [3.05, 3.63) is 29.8 Å². The Morgan fingerprint density at radius 1 is 1.03 bits per heavy atom. The van der Waals surface area contributed by atoms with E-state index in [4.69, 9.17) is 9.47 Å². The summed E-state index contributed by atoms with van der Waals surface area (Å²) in [5.41, 5.74) is 1.27. The van der Waals surface area contributed by atoms with Crippen LogP contribution in [-0.4, -0.2) is 83.0 Å². The highest BCUT2D eigenvalue weighted by molar-refractivity contribution is 7.96. The van der Waals surface area contributed by atoms with Crippen molar-refractivity contribution in [2.75, 3.05) is 51.9 Å². The van der Waals surface area contributed by atoms with Crippen LogP contribution in [0.3, 0.4) is 0 Å². The van der Waals surface area contributed by atoms with Crippen molar-refractivity contribution in [3.63, 3.8) is 0 Å². The number of carbonyl (C=O) groups is 5. The van der Waals surface area contributed by atoms with Crippen LogP contribution in [0, 0.1) is 0 Å². The molecule has 1 unspecified atom stereocenters. The number of hydrogen-bond acceptors (Lipinski definition) is 11. The van der Waals surface area contributed by atoms with Gasteiger partial charge in [-0.15, -0.1) is 0 Å². The molecule has 0 bridgehead atoms. The number of benzene rings is 1. The van der Waals surface area contributed by atoms with Gasteiger partial charge in [0.1, 0.15) is 19.3 Å². The summed E-state index contributed by atoms with van der Waals surface area (Å²) in [6, 6.07) is 5.82. The van der Waals surface area contributed by atoms with E-state index < -0.39 is 29.9 Å². The van der Waals surface area contributed by atoms with Crippen molar-refractivity contribution in [1.29, 1.82) is 0 Å². The lowest BCUT2D eigenvalue weighted by Crippen LogP contribution is -2.46. The Bertz CT molecular complexity index is 842. The predicted molar refractivity (Wildman–Crippen MR) is 129 cm³/mol. The number of amides is 4. The highest BCUT2D eigenvalue weighted by Crippen LogP contribution is 2.10. The van der Waals surface area contributed by atoms with Crippen LogP contribution in [0.25, 0.3) is 0 Å². The molecule has 0 saturated carbocycles. The fourth-order valence-electron chi connectivity index (χ4n) is 2.32. The van der Waals surface area contributed by atoms with Crippen molar-refractivity contribution < 1.29 is 42.9 Å². The molecule has 1 atom stereocenters. The average molecular weight is 530 g/mol. The molecule has 0 spiro atoms. The molecule has 0 saturated heterocycles. The Kier molecular flexibility index (Phi) is 16.1. The molecule has 36 heavy (non-hydrogen) atoms. The van der Waals surface area contributed by atoms with Crippen LogP contribution in [0.1, 0.15) is 12.5 Å².